The summed E-state index contributed by atoms with van der Waals surface area (Å²) in [5.41, 5.74) is 1.88. The first-order valence-electron chi connectivity index (χ1n) is 10.1. The first-order chi connectivity index (χ1) is 13.7. The van der Waals surface area contributed by atoms with Gasteiger partial charge in [0.25, 0.3) is 17.6 Å². The van der Waals surface area contributed by atoms with E-state index in [1.165, 1.54) is 0 Å². The highest BCUT2D eigenvalue weighted by Crippen LogP contribution is 2.45. The van der Waals surface area contributed by atoms with Crippen LogP contribution < -0.4 is 4.90 Å². The van der Waals surface area contributed by atoms with Crippen LogP contribution in [-0.2, 0) is 20.1 Å². The summed E-state index contributed by atoms with van der Waals surface area (Å²) < 4.78 is 11.8. The van der Waals surface area contributed by atoms with E-state index in [1.807, 2.05) is 11.0 Å². The van der Waals surface area contributed by atoms with E-state index in [0.717, 1.165) is 38.8 Å². The largest absolute Gasteiger partial charge is 0.339 e. The number of carbonyl (C=O) groups is 2. The van der Waals surface area contributed by atoms with Crippen molar-refractivity contribution >= 4 is 17.5 Å². The molecule has 7 heteroatoms. The number of ether oxygens (including phenoxy) is 2. The molecule has 0 atom stereocenters. The predicted molar refractivity (Wildman–Crippen MR) is 102 cm³/mol. The first-order valence-corrected chi connectivity index (χ1v) is 10.1. The lowest BCUT2D eigenvalue weighted by Crippen LogP contribution is -2.47. The Kier molecular flexibility index (Phi) is 5.33. The Labute approximate surface area is 164 Å². The molecule has 2 fully saturated rings. The third kappa shape index (κ3) is 3.17. The van der Waals surface area contributed by atoms with E-state index in [9.17, 15) is 9.59 Å². The van der Waals surface area contributed by atoms with E-state index >= 15 is 0 Å². The van der Waals surface area contributed by atoms with Gasteiger partial charge in [-0.05, 0) is 50.3 Å². The molecule has 0 aromatic heterocycles. The van der Waals surface area contributed by atoms with Crippen molar-refractivity contribution in [2.45, 2.75) is 44.3 Å². The van der Waals surface area contributed by atoms with Crippen LogP contribution in [0.3, 0.4) is 0 Å². The van der Waals surface area contributed by atoms with Crippen molar-refractivity contribution in [2.75, 3.05) is 37.7 Å². The SMILES string of the molecule is N#CCCCN1C(=O)C2(OCCCO2)c2cc(C(=O)N3CCCCC3)ccc21. The normalized spacial score (nSPS) is 20.9. The molecule has 3 aliphatic rings. The van der Waals surface area contributed by atoms with Gasteiger partial charge in [0.15, 0.2) is 0 Å². The summed E-state index contributed by atoms with van der Waals surface area (Å²) in [7, 11) is 0. The molecule has 0 saturated carbocycles. The Morgan fingerprint density at radius 3 is 2.61 bits per heavy atom. The van der Waals surface area contributed by atoms with Crippen molar-refractivity contribution in [3.63, 3.8) is 0 Å². The summed E-state index contributed by atoms with van der Waals surface area (Å²) in [6.45, 7) is 2.83. The minimum atomic E-state index is -1.46. The van der Waals surface area contributed by atoms with Gasteiger partial charge < -0.3 is 19.3 Å². The quantitative estimate of drug-likeness (QED) is 0.746. The number of rotatable bonds is 4. The molecule has 0 N–H and O–H groups in total. The van der Waals surface area contributed by atoms with Gasteiger partial charge in [-0.2, -0.15) is 5.26 Å². The number of fused-ring (bicyclic) bond motifs is 2. The molecular weight excluding hydrogens is 358 g/mol. The van der Waals surface area contributed by atoms with Gasteiger partial charge in [0.2, 0.25) is 0 Å². The van der Waals surface area contributed by atoms with Crippen molar-refractivity contribution < 1.29 is 19.1 Å². The fourth-order valence-corrected chi connectivity index (χ4v) is 4.20. The Bertz CT molecular complexity index is 804. The lowest BCUT2D eigenvalue weighted by Gasteiger charge is -2.32. The van der Waals surface area contributed by atoms with E-state index < -0.39 is 5.79 Å². The van der Waals surface area contributed by atoms with E-state index in [0.29, 0.717) is 49.4 Å². The zero-order valence-corrected chi connectivity index (χ0v) is 16.0. The fourth-order valence-electron chi connectivity index (χ4n) is 4.20. The third-order valence-electron chi connectivity index (χ3n) is 5.63. The van der Waals surface area contributed by atoms with Crippen LogP contribution in [0.1, 0.15) is 54.4 Å². The summed E-state index contributed by atoms with van der Waals surface area (Å²) in [5, 5.41) is 8.82. The number of nitriles is 1. The highest BCUT2D eigenvalue weighted by Gasteiger charge is 2.55. The number of piperidine rings is 1. The molecule has 4 rings (SSSR count). The lowest BCUT2D eigenvalue weighted by molar-refractivity contribution is -0.256. The van der Waals surface area contributed by atoms with Gasteiger partial charge in [0.1, 0.15) is 0 Å². The molecule has 1 spiro atoms. The summed E-state index contributed by atoms with van der Waals surface area (Å²) in [4.78, 5) is 29.7. The fraction of sp³-hybridized carbons (Fsp3) is 0.571. The van der Waals surface area contributed by atoms with Crippen LogP contribution in [0, 0.1) is 11.3 Å². The Balaban J connectivity index is 1.68. The molecule has 0 bridgehead atoms. The molecular formula is C21H25N3O4. The van der Waals surface area contributed by atoms with Crippen molar-refractivity contribution in [3.05, 3.63) is 29.3 Å². The van der Waals surface area contributed by atoms with Gasteiger partial charge in [0.05, 0.1) is 25.0 Å². The maximum atomic E-state index is 13.2. The topological polar surface area (TPSA) is 82.9 Å². The molecule has 0 aliphatic carbocycles. The molecule has 148 valence electrons. The van der Waals surface area contributed by atoms with Crippen LogP contribution in [0.15, 0.2) is 18.2 Å². The maximum Gasteiger partial charge on any atom is 0.292 e. The molecule has 0 unspecified atom stereocenters. The summed E-state index contributed by atoms with van der Waals surface area (Å²) >= 11 is 0. The summed E-state index contributed by atoms with van der Waals surface area (Å²) in [6.07, 6.45) is 4.89. The first kappa shape index (κ1) is 18.9. The van der Waals surface area contributed by atoms with Crippen LogP contribution in [-0.4, -0.2) is 49.6 Å². The van der Waals surface area contributed by atoms with Gasteiger partial charge in [-0.3, -0.25) is 9.59 Å². The summed E-state index contributed by atoms with van der Waals surface area (Å²) in [6, 6.07) is 7.47. The molecule has 2 saturated heterocycles. The van der Waals surface area contributed by atoms with Crippen molar-refractivity contribution in [1.82, 2.24) is 4.90 Å². The average molecular weight is 383 g/mol. The molecule has 1 aromatic carbocycles. The van der Waals surface area contributed by atoms with Gasteiger partial charge >= 0.3 is 0 Å². The number of likely N-dealkylation sites (tertiary alicyclic amines) is 1. The van der Waals surface area contributed by atoms with E-state index in [1.54, 1.807) is 17.0 Å². The number of nitrogens with zero attached hydrogens (tertiary/aromatic N) is 3. The Morgan fingerprint density at radius 1 is 1.14 bits per heavy atom. The number of hydrogen-bond donors (Lipinski definition) is 0. The van der Waals surface area contributed by atoms with Crippen LogP contribution in [0.5, 0.6) is 0 Å². The molecule has 28 heavy (non-hydrogen) atoms. The molecule has 0 radical (unpaired) electrons. The Hall–Kier alpha value is -2.43. The van der Waals surface area contributed by atoms with Crippen LogP contribution in [0.4, 0.5) is 5.69 Å². The predicted octanol–water partition coefficient (Wildman–Crippen LogP) is 2.55. The van der Waals surface area contributed by atoms with Gasteiger partial charge in [-0.25, -0.2) is 0 Å². The summed E-state index contributed by atoms with van der Waals surface area (Å²) in [5.74, 6) is -1.73. The minimum Gasteiger partial charge on any atom is -0.339 e. The number of hydrogen-bond acceptors (Lipinski definition) is 5. The zero-order chi connectivity index (χ0) is 19.6. The lowest BCUT2D eigenvalue weighted by atomic mass is 10.0. The molecule has 3 aliphatic heterocycles. The van der Waals surface area contributed by atoms with E-state index in [4.69, 9.17) is 14.7 Å². The van der Waals surface area contributed by atoms with Crippen LogP contribution in [0.25, 0.3) is 0 Å². The number of unbranched alkanes of at least 4 members (excludes halogenated alkanes) is 1. The van der Waals surface area contributed by atoms with Crippen molar-refractivity contribution in [3.8, 4) is 6.07 Å². The van der Waals surface area contributed by atoms with Crippen molar-refractivity contribution in [2.24, 2.45) is 0 Å². The van der Waals surface area contributed by atoms with Crippen LogP contribution >= 0.6 is 0 Å². The van der Waals surface area contributed by atoms with Gasteiger partial charge in [-0.1, -0.05) is 0 Å². The average Bonchev–Trinajstić information content (AvgIpc) is 2.97. The second-order valence-electron chi connectivity index (χ2n) is 7.47. The van der Waals surface area contributed by atoms with E-state index in [-0.39, 0.29) is 11.8 Å². The standard InChI is InChI=1S/C21H25N3O4/c22-9-2-5-12-24-18-8-7-16(19(25)23-10-3-1-4-11-23)15-17(18)21(20(24)26)27-13-6-14-28-21/h7-8,15H,1-6,10-14H2. The van der Waals surface area contributed by atoms with E-state index in [2.05, 4.69) is 6.07 Å². The van der Waals surface area contributed by atoms with Crippen LogP contribution in [0.2, 0.25) is 0 Å². The highest BCUT2D eigenvalue weighted by atomic mass is 16.7. The Morgan fingerprint density at radius 2 is 1.89 bits per heavy atom. The molecule has 3 heterocycles. The molecule has 2 amide bonds. The minimum absolute atomic E-state index is 0.0103. The number of benzene rings is 1. The highest BCUT2D eigenvalue weighted by molar-refractivity contribution is 6.07. The van der Waals surface area contributed by atoms with Gasteiger partial charge in [-0.15, -0.1) is 0 Å². The third-order valence-corrected chi connectivity index (χ3v) is 5.63. The second kappa shape index (κ2) is 7.90. The zero-order valence-electron chi connectivity index (χ0n) is 16.0. The molecule has 7 nitrogen and oxygen atoms in total. The smallest absolute Gasteiger partial charge is 0.292 e. The monoisotopic (exact) mass is 383 g/mol. The number of anilines is 1. The van der Waals surface area contributed by atoms with Crippen molar-refractivity contribution in [1.29, 1.82) is 5.26 Å². The maximum absolute atomic E-state index is 13.2. The second-order valence-corrected chi connectivity index (χ2v) is 7.47. The molecule has 1 aromatic rings. The van der Waals surface area contributed by atoms with Gasteiger partial charge in [0, 0.05) is 37.2 Å². The number of carbonyl (C=O) groups excluding carboxylic acids is 2. The number of amides is 2.